The molecule has 0 N–H and O–H groups in total. The fraction of sp³-hybridized carbons (Fsp3) is 0.417. The lowest BCUT2D eigenvalue weighted by atomic mass is 9.94. The van der Waals surface area contributed by atoms with E-state index in [1.54, 1.807) is 0 Å². The molecule has 1 heteroatoms. The van der Waals surface area contributed by atoms with E-state index in [0.717, 1.165) is 19.1 Å². The maximum Gasteiger partial charge on any atom is 0.120 e. The van der Waals surface area contributed by atoms with Crippen LogP contribution in [0.15, 0.2) is 30.3 Å². The highest BCUT2D eigenvalue weighted by molar-refractivity contribution is 5.49. The number of aldehydes is 1. The summed E-state index contributed by atoms with van der Waals surface area (Å²) < 4.78 is 0. The molecule has 0 fully saturated rings. The van der Waals surface area contributed by atoms with Crippen LogP contribution < -0.4 is 0 Å². The van der Waals surface area contributed by atoms with Crippen LogP contribution in [0.25, 0.3) is 0 Å². The van der Waals surface area contributed by atoms with E-state index in [0.29, 0.717) is 12.3 Å². The fourth-order valence-corrected chi connectivity index (χ4v) is 1.48. The molecule has 1 unspecified atom stereocenters. The highest BCUT2D eigenvalue weighted by Crippen LogP contribution is 2.14. The largest absolute Gasteiger partial charge is 0.303 e. The van der Waals surface area contributed by atoms with Crippen molar-refractivity contribution in [3.05, 3.63) is 35.9 Å². The van der Waals surface area contributed by atoms with Gasteiger partial charge in [-0.05, 0) is 17.9 Å². The maximum absolute atomic E-state index is 10.4. The van der Waals surface area contributed by atoms with Gasteiger partial charge in [-0.2, -0.15) is 0 Å². The lowest BCUT2D eigenvalue weighted by molar-refractivity contribution is -0.108. The molecule has 1 nitrogen and oxygen atoms in total. The molecule has 0 aliphatic heterocycles. The van der Waals surface area contributed by atoms with E-state index < -0.39 is 0 Å². The first kappa shape index (κ1) is 9.97. The molecule has 0 bridgehead atoms. The third kappa shape index (κ3) is 3.41. The Labute approximate surface area is 79.8 Å². The highest BCUT2D eigenvalue weighted by atomic mass is 16.1. The second-order valence-corrected chi connectivity index (χ2v) is 3.37. The molecule has 0 heterocycles. The van der Waals surface area contributed by atoms with Gasteiger partial charge < -0.3 is 4.79 Å². The number of carbonyl (C=O) groups excluding carboxylic acids is 1. The van der Waals surface area contributed by atoms with Gasteiger partial charge in [0.15, 0.2) is 0 Å². The topological polar surface area (TPSA) is 17.1 Å². The zero-order chi connectivity index (χ0) is 9.52. The molecular formula is C12H16O. The van der Waals surface area contributed by atoms with Gasteiger partial charge >= 0.3 is 0 Å². The molecule has 0 spiro atoms. The van der Waals surface area contributed by atoms with Gasteiger partial charge in [0.05, 0.1) is 0 Å². The van der Waals surface area contributed by atoms with Crippen molar-refractivity contribution >= 4 is 6.29 Å². The Bertz CT molecular complexity index is 241. The van der Waals surface area contributed by atoms with Gasteiger partial charge in [0.1, 0.15) is 6.29 Å². The van der Waals surface area contributed by atoms with Crippen LogP contribution in [-0.2, 0) is 11.2 Å². The predicted molar refractivity (Wildman–Crippen MR) is 54.6 cm³/mol. The summed E-state index contributed by atoms with van der Waals surface area (Å²) in [5.41, 5.74) is 1.33. The Hall–Kier alpha value is -1.11. The molecule has 1 aromatic carbocycles. The lowest BCUT2D eigenvalue weighted by Crippen LogP contribution is -2.03. The third-order valence-corrected chi connectivity index (χ3v) is 2.37. The van der Waals surface area contributed by atoms with Gasteiger partial charge in [-0.15, -0.1) is 0 Å². The van der Waals surface area contributed by atoms with Crippen molar-refractivity contribution in [2.75, 3.05) is 0 Å². The van der Waals surface area contributed by atoms with Crippen LogP contribution in [0.2, 0.25) is 0 Å². The molecule has 0 aromatic heterocycles. The second kappa shape index (κ2) is 5.52. The molecule has 0 saturated heterocycles. The fourth-order valence-electron chi connectivity index (χ4n) is 1.48. The third-order valence-electron chi connectivity index (χ3n) is 2.37. The first-order valence-corrected chi connectivity index (χ1v) is 4.84. The van der Waals surface area contributed by atoms with Crippen LogP contribution in [0.5, 0.6) is 0 Å². The standard InChI is InChI=1S/C12H16O/c1-2-11(8-9-13)10-12-6-4-3-5-7-12/h3-7,9,11H,2,8,10H2,1H3. The van der Waals surface area contributed by atoms with Gasteiger partial charge in [-0.25, -0.2) is 0 Å². The molecule has 0 aliphatic rings. The molecule has 13 heavy (non-hydrogen) atoms. The number of hydrogen-bond donors (Lipinski definition) is 0. The van der Waals surface area contributed by atoms with Crippen molar-refractivity contribution in [2.45, 2.75) is 26.2 Å². The number of hydrogen-bond acceptors (Lipinski definition) is 1. The van der Waals surface area contributed by atoms with E-state index in [4.69, 9.17) is 0 Å². The van der Waals surface area contributed by atoms with Crippen molar-refractivity contribution < 1.29 is 4.79 Å². The first-order valence-electron chi connectivity index (χ1n) is 4.84. The van der Waals surface area contributed by atoms with E-state index >= 15 is 0 Å². The Morgan fingerprint density at radius 3 is 2.54 bits per heavy atom. The van der Waals surface area contributed by atoms with Crippen molar-refractivity contribution in [1.82, 2.24) is 0 Å². The number of rotatable bonds is 5. The smallest absolute Gasteiger partial charge is 0.120 e. The van der Waals surface area contributed by atoms with Crippen molar-refractivity contribution in [3.8, 4) is 0 Å². The van der Waals surface area contributed by atoms with Gasteiger partial charge in [-0.1, -0.05) is 43.7 Å². The molecular weight excluding hydrogens is 160 g/mol. The Morgan fingerprint density at radius 2 is 2.00 bits per heavy atom. The maximum atomic E-state index is 10.4. The van der Waals surface area contributed by atoms with E-state index in [2.05, 4.69) is 19.1 Å². The zero-order valence-corrected chi connectivity index (χ0v) is 8.07. The summed E-state index contributed by atoms with van der Waals surface area (Å²) in [6.45, 7) is 2.14. The Morgan fingerprint density at radius 1 is 1.31 bits per heavy atom. The Kier molecular flexibility index (Phi) is 4.24. The quantitative estimate of drug-likeness (QED) is 0.630. The molecule has 1 aromatic rings. The SMILES string of the molecule is CCC(CC=O)Cc1ccccc1. The summed E-state index contributed by atoms with van der Waals surface area (Å²) in [5.74, 6) is 0.514. The van der Waals surface area contributed by atoms with E-state index in [1.807, 2.05) is 18.2 Å². The summed E-state index contributed by atoms with van der Waals surface area (Å²) in [4.78, 5) is 10.4. The molecule has 1 rings (SSSR count). The minimum atomic E-state index is 0.514. The summed E-state index contributed by atoms with van der Waals surface area (Å²) in [5, 5.41) is 0. The van der Waals surface area contributed by atoms with Crippen molar-refractivity contribution in [3.63, 3.8) is 0 Å². The normalized spacial score (nSPS) is 12.4. The Balaban J connectivity index is 2.51. The molecule has 1 atom stereocenters. The van der Waals surface area contributed by atoms with Crippen LogP contribution in [-0.4, -0.2) is 6.29 Å². The van der Waals surface area contributed by atoms with Gasteiger partial charge in [0.25, 0.3) is 0 Å². The highest BCUT2D eigenvalue weighted by Gasteiger charge is 2.05. The molecule has 0 radical (unpaired) electrons. The van der Waals surface area contributed by atoms with E-state index in [1.165, 1.54) is 5.56 Å². The minimum Gasteiger partial charge on any atom is -0.303 e. The van der Waals surface area contributed by atoms with Crippen LogP contribution in [0.3, 0.4) is 0 Å². The van der Waals surface area contributed by atoms with Crippen LogP contribution in [0.4, 0.5) is 0 Å². The summed E-state index contributed by atoms with van der Waals surface area (Å²) in [6.07, 6.45) is 3.81. The van der Waals surface area contributed by atoms with E-state index in [-0.39, 0.29) is 0 Å². The number of carbonyl (C=O) groups is 1. The van der Waals surface area contributed by atoms with Crippen molar-refractivity contribution in [1.29, 1.82) is 0 Å². The lowest BCUT2D eigenvalue weighted by Gasteiger charge is -2.10. The summed E-state index contributed by atoms with van der Waals surface area (Å²) in [7, 11) is 0. The van der Waals surface area contributed by atoms with Gasteiger partial charge in [-0.3, -0.25) is 0 Å². The monoisotopic (exact) mass is 176 g/mol. The molecule has 0 amide bonds. The molecule has 0 aliphatic carbocycles. The van der Waals surface area contributed by atoms with Gasteiger partial charge in [0.2, 0.25) is 0 Å². The van der Waals surface area contributed by atoms with Crippen molar-refractivity contribution in [2.24, 2.45) is 5.92 Å². The average molecular weight is 176 g/mol. The molecule has 0 saturated carbocycles. The van der Waals surface area contributed by atoms with Crippen LogP contribution >= 0.6 is 0 Å². The van der Waals surface area contributed by atoms with Gasteiger partial charge in [0, 0.05) is 6.42 Å². The summed E-state index contributed by atoms with van der Waals surface area (Å²) in [6, 6.07) is 10.3. The predicted octanol–water partition coefficient (Wildman–Crippen LogP) is 2.84. The second-order valence-electron chi connectivity index (χ2n) is 3.37. The minimum absolute atomic E-state index is 0.514. The number of benzene rings is 1. The molecule has 70 valence electrons. The average Bonchev–Trinajstić information content (AvgIpc) is 2.19. The van der Waals surface area contributed by atoms with E-state index in [9.17, 15) is 4.79 Å². The van der Waals surface area contributed by atoms with Crippen LogP contribution in [0, 0.1) is 5.92 Å². The van der Waals surface area contributed by atoms with Crippen LogP contribution in [0.1, 0.15) is 25.3 Å². The summed E-state index contributed by atoms with van der Waals surface area (Å²) >= 11 is 0. The zero-order valence-electron chi connectivity index (χ0n) is 8.07. The first-order chi connectivity index (χ1) is 6.36.